The first-order valence-corrected chi connectivity index (χ1v) is 8.69. The molecule has 1 N–H and O–H groups in total. The van der Waals surface area contributed by atoms with E-state index in [9.17, 15) is 9.90 Å². The molecule has 1 aliphatic heterocycles. The Balaban J connectivity index is 2.00. The summed E-state index contributed by atoms with van der Waals surface area (Å²) in [4.78, 5) is 16.8. The maximum atomic E-state index is 12.0. The maximum absolute atomic E-state index is 12.0. The van der Waals surface area contributed by atoms with E-state index in [0.717, 1.165) is 45.5 Å². The van der Waals surface area contributed by atoms with Crippen LogP contribution in [0.5, 0.6) is 5.88 Å². The van der Waals surface area contributed by atoms with Gasteiger partial charge in [-0.2, -0.15) is 0 Å². The Morgan fingerprint density at radius 1 is 1.45 bits per heavy atom. The van der Waals surface area contributed by atoms with Gasteiger partial charge in [0.1, 0.15) is 0 Å². The first kappa shape index (κ1) is 15.2. The number of aromatic nitrogens is 1. The largest absolute Gasteiger partial charge is 0.493 e. The molecule has 0 bridgehead atoms. The van der Waals surface area contributed by atoms with Crippen LogP contribution in [0, 0.1) is 0 Å². The molecular formula is C16H15BrN2O2S. The minimum atomic E-state index is -0.123. The van der Waals surface area contributed by atoms with Gasteiger partial charge in [-0.05, 0) is 30.7 Å². The summed E-state index contributed by atoms with van der Waals surface area (Å²) in [6.45, 7) is 2.61. The van der Waals surface area contributed by atoms with Gasteiger partial charge in [0, 0.05) is 28.4 Å². The van der Waals surface area contributed by atoms with Gasteiger partial charge in [0.15, 0.2) is 0 Å². The molecule has 2 aromatic rings. The topological polar surface area (TPSA) is 54.6 Å². The molecule has 0 amide bonds. The Kier molecular flexibility index (Phi) is 4.31. The zero-order chi connectivity index (χ0) is 15.7. The maximum Gasteiger partial charge on any atom is 0.310 e. The van der Waals surface area contributed by atoms with Crippen LogP contribution in [0.1, 0.15) is 30.2 Å². The van der Waals surface area contributed by atoms with E-state index in [1.54, 1.807) is 6.21 Å². The Bertz CT molecular complexity index is 833. The van der Waals surface area contributed by atoms with Crippen molar-refractivity contribution in [2.24, 2.45) is 4.99 Å². The quantitative estimate of drug-likeness (QED) is 0.854. The van der Waals surface area contributed by atoms with Crippen molar-refractivity contribution in [3.63, 3.8) is 0 Å². The third-order valence-corrected chi connectivity index (χ3v) is 4.94. The van der Waals surface area contributed by atoms with E-state index >= 15 is 0 Å². The Morgan fingerprint density at radius 3 is 3.05 bits per heavy atom. The number of hydrogen-bond acceptors (Lipinski definition) is 4. The Labute approximate surface area is 140 Å². The monoisotopic (exact) mass is 378 g/mol. The van der Waals surface area contributed by atoms with Gasteiger partial charge in [0.05, 0.1) is 10.6 Å². The number of aliphatic imine (C=N–C) groups is 1. The molecule has 0 unspecified atom stereocenters. The zero-order valence-corrected chi connectivity index (χ0v) is 14.4. The second-order valence-electron chi connectivity index (χ2n) is 5.08. The van der Waals surface area contributed by atoms with Crippen LogP contribution in [0.3, 0.4) is 0 Å². The summed E-state index contributed by atoms with van der Waals surface area (Å²) < 4.78 is 2.41. The summed E-state index contributed by atoms with van der Waals surface area (Å²) in [6, 6.07) is 5.86. The number of hydrogen-bond donors (Lipinski definition) is 1. The van der Waals surface area contributed by atoms with Crippen LogP contribution < -0.4 is 4.87 Å². The first-order chi connectivity index (χ1) is 10.6. The predicted molar refractivity (Wildman–Crippen MR) is 95.3 cm³/mol. The lowest BCUT2D eigenvalue weighted by atomic mass is 10.1. The average molecular weight is 379 g/mol. The third-order valence-electron chi connectivity index (χ3n) is 3.53. The number of rotatable bonds is 4. The molecule has 0 saturated carbocycles. The highest BCUT2D eigenvalue weighted by molar-refractivity contribution is 9.10. The summed E-state index contributed by atoms with van der Waals surface area (Å²) >= 11 is 4.52. The molecule has 0 atom stereocenters. The molecule has 114 valence electrons. The number of thiazole rings is 1. The van der Waals surface area contributed by atoms with E-state index in [4.69, 9.17) is 0 Å². The van der Waals surface area contributed by atoms with Crippen LogP contribution >= 0.6 is 27.3 Å². The lowest BCUT2D eigenvalue weighted by Gasteiger charge is -2.02. The Morgan fingerprint density at radius 2 is 2.27 bits per heavy atom. The van der Waals surface area contributed by atoms with Crippen molar-refractivity contribution in [1.29, 1.82) is 0 Å². The van der Waals surface area contributed by atoms with Gasteiger partial charge >= 0.3 is 4.87 Å². The number of halogens is 1. The van der Waals surface area contributed by atoms with Gasteiger partial charge in [-0.15, -0.1) is 0 Å². The number of allylic oxidation sites excluding steroid dienone is 1. The fraction of sp³-hybridized carbons (Fsp3) is 0.250. The molecule has 0 radical (unpaired) electrons. The number of unbranched alkanes of at least 4 members (excludes halogenated alkanes) is 1. The molecule has 0 fully saturated rings. The van der Waals surface area contributed by atoms with Gasteiger partial charge in [-0.3, -0.25) is 14.4 Å². The van der Waals surface area contributed by atoms with Crippen molar-refractivity contribution >= 4 is 50.8 Å². The van der Waals surface area contributed by atoms with Crippen molar-refractivity contribution in [2.45, 2.75) is 26.3 Å². The molecular weight excluding hydrogens is 364 g/mol. The van der Waals surface area contributed by atoms with Crippen LogP contribution in [0.4, 0.5) is 5.69 Å². The average Bonchev–Trinajstić information content (AvgIpc) is 3.00. The third kappa shape index (κ3) is 2.80. The minimum Gasteiger partial charge on any atom is -0.493 e. The molecule has 2 heterocycles. The van der Waals surface area contributed by atoms with Gasteiger partial charge in [-0.1, -0.05) is 40.6 Å². The van der Waals surface area contributed by atoms with Crippen LogP contribution in [-0.4, -0.2) is 15.9 Å². The summed E-state index contributed by atoms with van der Waals surface area (Å²) in [5.74, 6) is 0.0489. The highest BCUT2D eigenvalue weighted by Crippen LogP contribution is 2.36. The number of aromatic hydroxyl groups is 1. The summed E-state index contributed by atoms with van der Waals surface area (Å²) in [7, 11) is 0. The second kappa shape index (κ2) is 6.22. The second-order valence-corrected chi connectivity index (χ2v) is 6.99. The molecule has 4 nitrogen and oxygen atoms in total. The molecule has 0 spiro atoms. The lowest BCUT2D eigenvalue weighted by Crippen LogP contribution is -2.12. The van der Waals surface area contributed by atoms with Gasteiger partial charge in [-0.25, -0.2) is 0 Å². The summed E-state index contributed by atoms with van der Waals surface area (Å²) in [6.07, 6.45) is 5.44. The van der Waals surface area contributed by atoms with Gasteiger partial charge in [0.2, 0.25) is 5.88 Å². The first-order valence-electron chi connectivity index (χ1n) is 7.08. The molecule has 1 aliphatic rings. The molecule has 22 heavy (non-hydrogen) atoms. The van der Waals surface area contributed by atoms with Gasteiger partial charge < -0.3 is 5.11 Å². The summed E-state index contributed by atoms with van der Waals surface area (Å²) in [5, 5.41) is 10.3. The fourth-order valence-corrected chi connectivity index (χ4v) is 3.56. The van der Waals surface area contributed by atoms with E-state index in [2.05, 4.69) is 27.8 Å². The van der Waals surface area contributed by atoms with Crippen LogP contribution in [0.25, 0.3) is 11.6 Å². The zero-order valence-electron chi connectivity index (χ0n) is 12.0. The van der Waals surface area contributed by atoms with E-state index in [0.29, 0.717) is 11.4 Å². The highest BCUT2D eigenvalue weighted by Gasteiger charge is 2.16. The van der Waals surface area contributed by atoms with Crippen molar-refractivity contribution < 1.29 is 5.11 Å². The van der Waals surface area contributed by atoms with Crippen molar-refractivity contribution in [2.75, 3.05) is 0 Å². The van der Waals surface area contributed by atoms with E-state index in [1.165, 1.54) is 4.57 Å². The van der Waals surface area contributed by atoms with E-state index in [-0.39, 0.29) is 10.8 Å². The normalized spacial score (nSPS) is 14.7. The Hall–Kier alpha value is -1.66. The smallest absolute Gasteiger partial charge is 0.310 e. The van der Waals surface area contributed by atoms with Crippen molar-refractivity contribution in [3.05, 3.63) is 42.8 Å². The summed E-state index contributed by atoms with van der Waals surface area (Å²) in [5.41, 5.74) is 2.79. The predicted octanol–water partition coefficient (Wildman–Crippen LogP) is 4.43. The van der Waals surface area contributed by atoms with Crippen LogP contribution in [-0.2, 0) is 6.54 Å². The molecule has 6 heteroatoms. The number of nitrogens with zero attached hydrogens (tertiary/aromatic N) is 2. The fourth-order valence-electron chi connectivity index (χ4n) is 2.34. The van der Waals surface area contributed by atoms with Crippen LogP contribution in [0.15, 0.2) is 32.5 Å². The van der Waals surface area contributed by atoms with E-state index in [1.807, 2.05) is 24.3 Å². The molecule has 3 rings (SSSR count). The number of fused-ring (bicyclic) bond motifs is 1. The van der Waals surface area contributed by atoms with Gasteiger partial charge in [0.25, 0.3) is 0 Å². The lowest BCUT2D eigenvalue weighted by molar-refractivity contribution is 0.408. The molecule has 1 aromatic carbocycles. The van der Waals surface area contributed by atoms with Crippen LogP contribution in [0.2, 0.25) is 0 Å². The molecule has 0 aliphatic carbocycles. The molecule has 1 aromatic heterocycles. The SMILES string of the molecule is CCCCn1c(O)c(C=C2C=Nc3ccc(Br)cc32)sc1=O. The van der Waals surface area contributed by atoms with E-state index < -0.39 is 0 Å². The minimum absolute atomic E-state index is 0.0489. The van der Waals surface area contributed by atoms with Crippen molar-refractivity contribution in [1.82, 2.24) is 4.57 Å². The highest BCUT2D eigenvalue weighted by atomic mass is 79.9. The molecule has 0 saturated heterocycles. The standard InChI is InChI=1S/C16H15BrN2O2S/c1-2-3-6-19-15(20)14(22-16(19)21)7-10-9-18-13-5-4-11(17)8-12(10)13/h4-5,7-9,20H,2-3,6H2,1H3. The van der Waals surface area contributed by atoms with Crippen molar-refractivity contribution in [3.8, 4) is 5.88 Å². The number of benzene rings is 1.